The monoisotopic (exact) mass is 296 g/mol. The Balaban J connectivity index is 2.42. The number of rotatable bonds is 5. The number of unbranched alkanes of at least 4 members (excludes halogenated alkanes) is 1. The molecule has 3 N–H and O–H groups in total. The van der Waals surface area contributed by atoms with Crippen molar-refractivity contribution in [2.45, 2.75) is 51.8 Å². The lowest BCUT2D eigenvalue weighted by Gasteiger charge is -2.20. The predicted octanol–water partition coefficient (Wildman–Crippen LogP) is 0.519. The van der Waals surface area contributed by atoms with E-state index in [4.69, 9.17) is 10.5 Å². The van der Waals surface area contributed by atoms with Crippen LogP contribution in [-0.2, 0) is 18.3 Å². The highest BCUT2D eigenvalue weighted by molar-refractivity contribution is 5.61. The second kappa shape index (κ2) is 6.34. The number of nitrogens with one attached hydrogen (secondary N) is 1. The van der Waals surface area contributed by atoms with E-state index in [-0.39, 0.29) is 29.2 Å². The van der Waals surface area contributed by atoms with Gasteiger partial charge in [-0.25, -0.2) is 4.79 Å². The van der Waals surface area contributed by atoms with E-state index in [0.717, 1.165) is 23.8 Å². The van der Waals surface area contributed by atoms with Gasteiger partial charge in [-0.1, -0.05) is 13.3 Å². The van der Waals surface area contributed by atoms with Crippen LogP contribution in [0, 0.1) is 0 Å². The predicted molar refractivity (Wildman–Crippen MR) is 82.7 cm³/mol. The van der Waals surface area contributed by atoms with E-state index in [1.807, 2.05) is 13.8 Å². The Morgan fingerprint density at radius 1 is 1.43 bits per heavy atom. The summed E-state index contributed by atoms with van der Waals surface area (Å²) in [7, 11) is 1.48. The first-order valence-electron chi connectivity index (χ1n) is 7.44. The van der Waals surface area contributed by atoms with Gasteiger partial charge in [-0.2, -0.15) is 0 Å². The van der Waals surface area contributed by atoms with Crippen LogP contribution in [-0.4, -0.2) is 27.9 Å². The van der Waals surface area contributed by atoms with Crippen LogP contribution in [0.3, 0.4) is 0 Å². The highest BCUT2D eigenvalue weighted by atomic mass is 16.5. The van der Waals surface area contributed by atoms with Gasteiger partial charge in [0, 0.05) is 20.2 Å². The van der Waals surface area contributed by atoms with E-state index >= 15 is 0 Å². The molecule has 1 aliphatic rings. The van der Waals surface area contributed by atoms with Crippen molar-refractivity contribution in [1.82, 2.24) is 9.13 Å². The molecule has 1 aliphatic heterocycles. The molecule has 2 atom stereocenters. The molecule has 0 aromatic carbocycles. The molecule has 0 aliphatic carbocycles. The van der Waals surface area contributed by atoms with Crippen LogP contribution in [0.2, 0.25) is 0 Å². The zero-order valence-corrected chi connectivity index (χ0v) is 12.9. The van der Waals surface area contributed by atoms with Crippen molar-refractivity contribution < 1.29 is 4.74 Å². The molecule has 2 heterocycles. The first kappa shape index (κ1) is 15.6. The maximum absolute atomic E-state index is 12.3. The minimum atomic E-state index is -0.385. The van der Waals surface area contributed by atoms with Gasteiger partial charge in [-0.15, -0.1) is 0 Å². The Morgan fingerprint density at radius 2 is 2.14 bits per heavy atom. The van der Waals surface area contributed by atoms with Crippen molar-refractivity contribution in [2.75, 3.05) is 17.7 Å². The molecule has 2 rings (SSSR count). The lowest BCUT2D eigenvalue weighted by Crippen LogP contribution is -2.42. The van der Waals surface area contributed by atoms with E-state index in [1.54, 1.807) is 0 Å². The average molecular weight is 296 g/mol. The molecule has 1 saturated heterocycles. The zero-order valence-electron chi connectivity index (χ0n) is 12.9. The lowest BCUT2D eigenvalue weighted by molar-refractivity contribution is 0.121. The molecule has 1 aromatic heterocycles. The number of ether oxygens (including phenoxy) is 1. The minimum absolute atomic E-state index is 0.0186. The van der Waals surface area contributed by atoms with Crippen molar-refractivity contribution in [1.29, 1.82) is 0 Å². The maximum Gasteiger partial charge on any atom is 0.332 e. The molecular weight excluding hydrogens is 272 g/mol. The number of nitrogens with zero attached hydrogens (tertiary/aromatic N) is 2. The van der Waals surface area contributed by atoms with Crippen LogP contribution >= 0.6 is 0 Å². The van der Waals surface area contributed by atoms with E-state index in [9.17, 15) is 9.59 Å². The van der Waals surface area contributed by atoms with Gasteiger partial charge in [0.15, 0.2) is 0 Å². The van der Waals surface area contributed by atoms with Gasteiger partial charge in [-0.3, -0.25) is 13.9 Å². The summed E-state index contributed by atoms with van der Waals surface area (Å²) in [5.74, 6) is 0.218. The van der Waals surface area contributed by atoms with Crippen LogP contribution in [0.25, 0.3) is 0 Å². The van der Waals surface area contributed by atoms with Gasteiger partial charge in [-0.05, 0) is 19.8 Å². The van der Waals surface area contributed by atoms with Crippen molar-refractivity contribution in [3.05, 3.63) is 20.8 Å². The Labute approximate surface area is 123 Å². The summed E-state index contributed by atoms with van der Waals surface area (Å²) in [5.41, 5.74) is 5.61. The fourth-order valence-corrected chi connectivity index (χ4v) is 2.56. The molecule has 1 fully saturated rings. The number of hydrogen-bond acceptors (Lipinski definition) is 5. The summed E-state index contributed by atoms with van der Waals surface area (Å²) in [6, 6.07) is 0.0390. The summed E-state index contributed by atoms with van der Waals surface area (Å²) >= 11 is 0. The quantitative estimate of drug-likeness (QED) is 0.826. The van der Waals surface area contributed by atoms with Gasteiger partial charge in [0.2, 0.25) is 0 Å². The second-order valence-electron chi connectivity index (χ2n) is 5.53. The van der Waals surface area contributed by atoms with Crippen molar-refractivity contribution in [2.24, 2.45) is 7.05 Å². The highest BCUT2D eigenvalue weighted by Gasteiger charge is 2.26. The van der Waals surface area contributed by atoms with Crippen LogP contribution in [0.4, 0.5) is 11.5 Å². The van der Waals surface area contributed by atoms with Gasteiger partial charge in [0.1, 0.15) is 11.5 Å². The Hall–Kier alpha value is -1.76. The topological polar surface area (TPSA) is 91.3 Å². The Morgan fingerprint density at radius 3 is 2.71 bits per heavy atom. The molecule has 1 aromatic rings. The molecule has 2 unspecified atom stereocenters. The molecule has 7 heteroatoms. The smallest absolute Gasteiger partial charge is 0.332 e. The van der Waals surface area contributed by atoms with Gasteiger partial charge in [0.25, 0.3) is 5.56 Å². The van der Waals surface area contributed by atoms with E-state index in [1.165, 1.54) is 11.6 Å². The Kier molecular flexibility index (Phi) is 4.72. The first-order chi connectivity index (χ1) is 9.97. The lowest BCUT2D eigenvalue weighted by atomic mass is 10.1. The zero-order chi connectivity index (χ0) is 15.6. The summed E-state index contributed by atoms with van der Waals surface area (Å²) in [5, 5.41) is 3.17. The van der Waals surface area contributed by atoms with Gasteiger partial charge in [0.05, 0.1) is 12.1 Å². The summed E-state index contributed by atoms with van der Waals surface area (Å²) in [6.07, 6.45) is 2.62. The summed E-state index contributed by atoms with van der Waals surface area (Å²) in [6.45, 7) is 5.17. The van der Waals surface area contributed by atoms with Crippen molar-refractivity contribution in [3.63, 3.8) is 0 Å². The summed E-state index contributed by atoms with van der Waals surface area (Å²) < 4.78 is 8.06. The Bertz CT molecular complexity index is 620. The fraction of sp³-hybridized carbons (Fsp3) is 0.714. The third kappa shape index (κ3) is 2.97. The fourth-order valence-electron chi connectivity index (χ4n) is 2.56. The van der Waals surface area contributed by atoms with E-state index in [2.05, 4.69) is 5.32 Å². The number of nitrogen functional groups attached to an aromatic ring is 1. The maximum atomic E-state index is 12.3. The molecule has 0 bridgehead atoms. The number of aromatic nitrogens is 2. The van der Waals surface area contributed by atoms with Crippen LogP contribution < -0.4 is 22.3 Å². The van der Waals surface area contributed by atoms with Crippen molar-refractivity contribution in [3.8, 4) is 0 Å². The average Bonchev–Trinajstić information content (AvgIpc) is 2.87. The molecule has 118 valence electrons. The largest absolute Gasteiger partial charge is 0.383 e. The third-order valence-electron chi connectivity index (χ3n) is 4.02. The summed E-state index contributed by atoms with van der Waals surface area (Å²) in [4.78, 5) is 24.5. The third-order valence-corrected chi connectivity index (χ3v) is 4.02. The number of hydrogen-bond donors (Lipinski definition) is 2. The molecule has 21 heavy (non-hydrogen) atoms. The van der Waals surface area contributed by atoms with Crippen LogP contribution in [0.15, 0.2) is 9.59 Å². The minimum Gasteiger partial charge on any atom is -0.383 e. The highest BCUT2D eigenvalue weighted by Crippen LogP contribution is 2.20. The molecule has 0 saturated carbocycles. The number of nitrogens with two attached hydrogens (primary N) is 1. The molecule has 0 spiro atoms. The van der Waals surface area contributed by atoms with Gasteiger partial charge >= 0.3 is 5.69 Å². The van der Waals surface area contributed by atoms with Gasteiger partial charge < -0.3 is 15.8 Å². The SMILES string of the molecule is CCCCn1c(N)c(NC2CCOC2C)c(=O)n(C)c1=O. The van der Waals surface area contributed by atoms with E-state index in [0.29, 0.717) is 18.8 Å². The van der Waals surface area contributed by atoms with Crippen LogP contribution in [0.1, 0.15) is 33.1 Å². The molecular formula is C14H24N4O3. The van der Waals surface area contributed by atoms with Crippen LogP contribution in [0.5, 0.6) is 0 Å². The molecule has 0 radical (unpaired) electrons. The second-order valence-corrected chi connectivity index (χ2v) is 5.53. The standard InChI is InChI=1S/C14H24N4O3/c1-4-5-7-18-12(15)11(13(19)17(3)14(18)20)16-10-6-8-21-9(10)2/h9-10,16H,4-8,15H2,1-3H3. The number of anilines is 2. The molecule has 0 amide bonds. The van der Waals surface area contributed by atoms with Crippen molar-refractivity contribution >= 4 is 11.5 Å². The molecule has 7 nitrogen and oxygen atoms in total. The first-order valence-corrected chi connectivity index (χ1v) is 7.44. The normalized spacial score (nSPS) is 21.7. The van der Waals surface area contributed by atoms with E-state index < -0.39 is 0 Å².